The second-order valence-corrected chi connectivity index (χ2v) is 2.42. The maximum Gasteiger partial charge on any atom is 0.157 e. The number of halogens is 1. The summed E-state index contributed by atoms with van der Waals surface area (Å²) in [5, 5.41) is 0. The van der Waals surface area contributed by atoms with Crippen LogP contribution >= 0.6 is 11.6 Å². The highest BCUT2D eigenvalue weighted by molar-refractivity contribution is 6.19. The van der Waals surface area contributed by atoms with E-state index in [2.05, 4.69) is 0 Å². The lowest BCUT2D eigenvalue weighted by atomic mass is 10.1. The van der Waals surface area contributed by atoms with Crippen molar-refractivity contribution in [3.05, 3.63) is 12.2 Å². The first kappa shape index (κ1) is 8.70. The molecule has 0 saturated heterocycles. The zero-order valence-electron chi connectivity index (χ0n) is 5.73. The molecule has 0 atom stereocenters. The maximum atomic E-state index is 10.8. The Morgan fingerprint density at radius 2 is 2.22 bits per heavy atom. The molecule has 0 amide bonds. The Bertz CT molecular complexity index is 116. The zero-order valence-corrected chi connectivity index (χ0v) is 6.48. The monoisotopic (exact) mass is 146 g/mol. The minimum Gasteiger partial charge on any atom is -0.295 e. The molecule has 0 radical (unpaired) electrons. The fraction of sp³-hybridized carbons (Fsp3) is 0.571. The topological polar surface area (TPSA) is 17.1 Å². The van der Waals surface area contributed by atoms with E-state index >= 15 is 0 Å². The molecular weight excluding hydrogens is 136 g/mol. The average molecular weight is 147 g/mol. The van der Waals surface area contributed by atoms with E-state index in [1.165, 1.54) is 6.08 Å². The molecule has 0 aliphatic rings. The van der Waals surface area contributed by atoms with Crippen LogP contribution in [0.4, 0.5) is 0 Å². The number of carbonyl (C=O) groups excluding carboxylic acids is 1. The molecule has 0 N–H and O–H groups in total. The predicted molar refractivity (Wildman–Crippen MR) is 39.7 cm³/mol. The van der Waals surface area contributed by atoms with E-state index in [-0.39, 0.29) is 11.7 Å². The minimum atomic E-state index is 0.0875. The highest BCUT2D eigenvalue weighted by Crippen LogP contribution is 1.94. The molecule has 1 nitrogen and oxygen atoms in total. The second kappa shape index (κ2) is 4.57. The van der Waals surface area contributed by atoms with Crippen LogP contribution < -0.4 is 0 Å². The van der Waals surface area contributed by atoms with E-state index in [4.69, 9.17) is 11.6 Å². The molecule has 0 aliphatic carbocycles. The van der Waals surface area contributed by atoms with Gasteiger partial charge in [0.2, 0.25) is 0 Å². The summed E-state index contributed by atoms with van der Waals surface area (Å²) >= 11 is 5.31. The number of allylic oxidation sites excluding steroid dienone is 2. The van der Waals surface area contributed by atoms with Crippen LogP contribution in [0.25, 0.3) is 0 Å². The van der Waals surface area contributed by atoms with Gasteiger partial charge in [-0.15, -0.1) is 11.6 Å². The molecule has 0 saturated carbocycles. The molecule has 0 aliphatic heterocycles. The molecule has 0 spiro atoms. The first-order chi connectivity index (χ1) is 4.18. The van der Waals surface area contributed by atoms with Gasteiger partial charge in [-0.05, 0) is 6.08 Å². The van der Waals surface area contributed by atoms with Crippen molar-refractivity contribution in [3.63, 3.8) is 0 Å². The smallest absolute Gasteiger partial charge is 0.157 e. The Kier molecular flexibility index (Phi) is 4.41. The van der Waals surface area contributed by atoms with Crippen molar-refractivity contribution >= 4 is 17.4 Å². The fourth-order valence-electron chi connectivity index (χ4n) is 0.353. The van der Waals surface area contributed by atoms with Crippen LogP contribution in [0.15, 0.2) is 12.2 Å². The van der Waals surface area contributed by atoms with Crippen molar-refractivity contribution in [2.75, 3.05) is 5.88 Å². The third kappa shape index (κ3) is 4.22. The van der Waals surface area contributed by atoms with Crippen molar-refractivity contribution in [2.45, 2.75) is 13.8 Å². The number of hydrogen-bond donors (Lipinski definition) is 0. The number of rotatable bonds is 3. The van der Waals surface area contributed by atoms with Gasteiger partial charge in [0.25, 0.3) is 0 Å². The molecule has 9 heavy (non-hydrogen) atoms. The van der Waals surface area contributed by atoms with Crippen LogP contribution in [-0.2, 0) is 4.79 Å². The van der Waals surface area contributed by atoms with E-state index in [0.717, 1.165) is 0 Å². The van der Waals surface area contributed by atoms with Gasteiger partial charge in [0.05, 0.1) is 0 Å². The third-order valence-electron chi connectivity index (χ3n) is 0.940. The van der Waals surface area contributed by atoms with Gasteiger partial charge in [-0.25, -0.2) is 0 Å². The summed E-state index contributed by atoms with van der Waals surface area (Å²) in [6.45, 7) is 3.72. The van der Waals surface area contributed by atoms with Crippen LogP contribution in [-0.4, -0.2) is 11.7 Å². The van der Waals surface area contributed by atoms with Crippen molar-refractivity contribution in [1.82, 2.24) is 0 Å². The predicted octanol–water partition coefficient (Wildman–Crippen LogP) is 2.01. The Hall–Kier alpha value is -0.300. The molecule has 52 valence electrons. The molecule has 2 heteroatoms. The van der Waals surface area contributed by atoms with Crippen molar-refractivity contribution in [3.8, 4) is 0 Å². The first-order valence-electron chi connectivity index (χ1n) is 2.95. The molecule has 0 aromatic heterocycles. The van der Waals surface area contributed by atoms with Crippen molar-refractivity contribution in [2.24, 2.45) is 5.92 Å². The summed E-state index contributed by atoms with van der Waals surface area (Å²) in [7, 11) is 0. The van der Waals surface area contributed by atoms with Gasteiger partial charge >= 0.3 is 0 Å². The molecule has 0 unspecified atom stereocenters. The van der Waals surface area contributed by atoms with Gasteiger partial charge in [-0.1, -0.05) is 19.9 Å². The van der Waals surface area contributed by atoms with Crippen LogP contribution in [0.1, 0.15) is 13.8 Å². The standard InChI is InChI=1S/C7H11ClO/c1-6(2)7(9)4-3-5-8/h3-4,6H,5H2,1-2H3/b4-3+. The van der Waals surface area contributed by atoms with Crippen molar-refractivity contribution < 1.29 is 4.79 Å². The molecule has 0 fully saturated rings. The molecule has 0 aromatic rings. The van der Waals surface area contributed by atoms with E-state index in [1.54, 1.807) is 6.08 Å². The van der Waals surface area contributed by atoms with E-state index in [1.807, 2.05) is 13.8 Å². The van der Waals surface area contributed by atoms with Gasteiger partial charge in [0.1, 0.15) is 0 Å². The molecule has 0 bridgehead atoms. The molecule has 0 heterocycles. The van der Waals surface area contributed by atoms with Gasteiger partial charge in [0.15, 0.2) is 5.78 Å². The highest BCUT2D eigenvalue weighted by atomic mass is 35.5. The summed E-state index contributed by atoms with van der Waals surface area (Å²) < 4.78 is 0. The van der Waals surface area contributed by atoms with Crippen LogP contribution in [0.3, 0.4) is 0 Å². The van der Waals surface area contributed by atoms with Gasteiger partial charge in [-0.3, -0.25) is 4.79 Å². The third-order valence-corrected chi connectivity index (χ3v) is 1.12. The van der Waals surface area contributed by atoms with Gasteiger partial charge in [-0.2, -0.15) is 0 Å². The lowest BCUT2D eigenvalue weighted by molar-refractivity contribution is -0.117. The molecular formula is C7H11ClO. The molecule has 0 aromatic carbocycles. The number of alkyl halides is 1. The lowest BCUT2D eigenvalue weighted by Crippen LogP contribution is -2.01. The van der Waals surface area contributed by atoms with Crippen LogP contribution in [0.2, 0.25) is 0 Å². The molecule has 0 rings (SSSR count). The summed E-state index contributed by atoms with van der Waals surface area (Å²) in [4.78, 5) is 10.8. The minimum absolute atomic E-state index is 0.0875. The number of carbonyl (C=O) groups is 1. The summed E-state index contributed by atoms with van der Waals surface area (Å²) in [6, 6.07) is 0. The van der Waals surface area contributed by atoms with Gasteiger partial charge in [0, 0.05) is 11.8 Å². The van der Waals surface area contributed by atoms with E-state index in [9.17, 15) is 4.79 Å². The second-order valence-electron chi connectivity index (χ2n) is 2.11. The van der Waals surface area contributed by atoms with Crippen molar-refractivity contribution in [1.29, 1.82) is 0 Å². The van der Waals surface area contributed by atoms with Crippen LogP contribution in [0, 0.1) is 5.92 Å². The average Bonchev–Trinajstić information content (AvgIpc) is 1.82. The summed E-state index contributed by atoms with van der Waals surface area (Å²) in [5.41, 5.74) is 0. The Morgan fingerprint density at radius 1 is 1.67 bits per heavy atom. The van der Waals surface area contributed by atoms with E-state index in [0.29, 0.717) is 5.88 Å². The fourth-order valence-corrected chi connectivity index (χ4v) is 0.442. The summed E-state index contributed by atoms with van der Waals surface area (Å²) in [5.74, 6) is 0.637. The number of hydrogen-bond acceptors (Lipinski definition) is 1. The zero-order chi connectivity index (χ0) is 7.28. The van der Waals surface area contributed by atoms with Crippen LogP contribution in [0.5, 0.6) is 0 Å². The lowest BCUT2D eigenvalue weighted by Gasteiger charge is -1.94. The maximum absolute atomic E-state index is 10.8. The first-order valence-corrected chi connectivity index (χ1v) is 3.48. The normalized spacial score (nSPS) is 11.1. The Labute approximate surface area is 60.7 Å². The van der Waals surface area contributed by atoms with E-state index < -0.39 is 0 Å². The Balaban J connectivity index is 3.63. The SMILES string of the molecule is CC(C)C(=O)/C=C/CCl. The highest BCUT2D eigenvalue weighted by Gasteiger charge is 1.99. The summed E-state index contributed by atoms with van der Waals surface area (Å²) in [6.07, 6.45) is 3.18. The quantitative estimate of drug-likeness (QED) is 0.440. The van der Waals surface area contributed by atoms with Gasteiger partial charge < -0.3 is 0 Å². The Morgan fingerprint density at radius 3 is 2.56 bits per heavy atom. The number of ketones is 1. The largest absolute Gasteiger partial charge is 0.295 e.